The zero-order chi connectivity index (χ0) is 39.3. The zero-order valence-electron chi connectivity index (χ0n) is 29.2. The van der Waals surface area contributed by atoms with Gasteiger partial charge in [-0.15, -0.1) is 0 Å². The summed E-state index contributed by atoms with van der Waals surface area (Å²) < 4.78 is 10.0. The van der Waals surface area contributed by atoms with Crippen molar-refractivity contribution in [3.63, 3.8) is 0 Å². The number of nitrogens with one attached hydrogen (secondary N) is 2. The van der Waals surface area contributed by atoms with Crippen molar-refractivity contribution in [2.45, 2.75) is 50.2 Å². The molecule has 1 fully saturated rings. The fourth-order valence-electron chi connectivity index (χ4n) is 6.10. The van der Waals surface area contributed by atoms with Crippen LogP contribution in [0.5, 0.6) is 0 Å². The first kappa shape index (κ1) is 44.5. The lowest BCUT2D eigenvalue weighted by molar-refractivity contribution is -0.232. The van der Waals surface area contributed by atoms with Gasteiger partial charge in [-0.2, -0.15) is 4.89 Å². The zero-order valence-corrected chi connectivity index (χ0v) is 30.0. The number of anilines is 1. The molecule has 1 aromatic rings. The molecule has 0 unspecified atom stereocenters. The third kappa shape index (κ3) is 18.1. The van der Waals surface area contributed by atoms with Gasteiger partial charge in [0.15, 0.2) is 5.11 Å². The molecule has 0 amide bonds. The summed E-state index contributed by atoms with van der Waals surface area (Å²) in [6.45, 7) is -2.49. The molecule has 21 heteroatoms. The third-order valence-electron chi connectivity index (χ3n) is 8.10. The largest absolute Gasteiger partial charge is 0.540 e. The summed E-state index contributed by atoms with van der Waals surface area (Å²) in [4.78, 5) is 82.7. The number of carbonyl (C=O) groups excluding carboxylic acids is 1. The number of carboxylic acid groups (broad SMARTS) is 5. The van der Waals surface area contributed by atoms with E-state index in [4.69, 9.17) is 17.0 Å². The molecule has 0 saturated heterocycles. The topological polar surface area (TPSA) is 274 Å². The Balaban J connectivity index is 2.22. The molecule has 7 N–H and O–H groups in total. The van der Waals surface area contributed by atoms with E-state index in [1.807, 2.05) is 0 Å². The van der Waals surface area contributed by atoms with Gasteiger partial charge in [-0.25, -0.2) is 4.79 Å². The van der Waals surface area contributed by atoms with Crippen molar-refractivity contribution in [3.05, 3.63) is 29.8 Å². The maximum atomic E-state index is 12.1. The Labute approximate surface area is 310 Å². The van der Waals surface area contributed by atoms with Crippen molar-refractivity contribution >= 4 is 59.0 Å². The highest BCUT2D eigenvalue weighted by molar-refractivity contribution is 7.80. The molecule has 296 valence electrons. The lowest BCUT2D eigenvalue weighted by Crippen LogP contribution is -2.59. The molecule has 0 bridgehead atoms. The molecule has 0 radical (unpaired) electrons. The van der Waals surface area contributed by atoms with E-state index in [1.54, 1.807) is 29.2 Å². The first-order valence-electron chi connectivity index (χ1n) is 16.6. The van der Waals surface area contributed by atoms with Crippen molar-refractivity contribution in [2.24, 2.45) is 0 Å². The Morgan fingerprint density at radius 3 is 1.83 bits per heavy atom. The molecule has 1 saturated carbocycles. The van der Waals surface area contributed by atoms with Gasteiger partial charge in [-0.3, -0.25) is 43.6 Å². The average molecular weight is 774 g/mol. The molecule has 3 atom stereocenters. The Morgan fingerprint density at radius 2 is 1.30 bits per heavy atom. The first-order valence-corrected chi connectivity index (χ1v) is 17.0. The van der Waals surface area contributed by atoms with Crippen molar-refractivity contribution in [3.8, 4) is 0 Å². The number of aliphatic carboxylic acids is 5. The Hall–Kier alpha value is -4.67. The van der Waals surface area contributed by atoms with Crippen LogP contribution in [0.3, 0.4) is 0 Å². The van der Waals surface area contributed by atoms with E-state index in [-0.39, 0.29) is 37.9 Å². The van der Waals surface area contributed by atoms with E-state index in [1.165, 1.54) is 9.80 Å². The molecule has 0 aromatic heterocycles. The Morgan fingerprint density at radius 1 is 0.774 bits per heavy atom. The Bertz CT molecular complexity index is 1350. The van der Waals surface area contributed by atoms with Gasteiger partial charge in [-0.1, -0.05) is 25.0 Å². The van der Waals surface area contributed by atoms with E-state index in [0.717, 1.165) is 7.11 Å². The number of benzene rings is 1. The van der Waals surface area contributed by atoms with Crippen LogP contribution >= 0.6 is 12.2 Å². The second kappa shape index (κ2) is 23.8. The number of carboxylic acids is 5. The number of nitrogens with zero attached hydrogens (tertiary/aromatic N) is 3. The minimum atomic E-state index is -1.29. The SMILES string of the molecule is COOC(=O)OCCOCCNC(=S)Nc1ccc(C[C@@H](CN(CC(=O)O)[C@H]2CCCC[C@@H]2N(CC(=O)O)CC(=O)O)N(CC(=O)O)CC(=O)O)cc1. The lowest BCUT2D eigenvalue weighted by Gasteiger charge is -2.45. The quantitative estimate of drug-likeness (QED) is 0.0231. The van der Waals surface area contributed by atoms with Crippen LogP contribution in [0.1, 0.15) is 31.2 Å². The predicted octanol–water partition coefficient (Wildman–Crippen LogP) is 0.256. The summed E-state index contributed by atoms with van der Waals surface area (Å²) in [7, 11) is 1.16. The van der Waals surface area contributed by atoms with Crippen LogP contribution in [0.15, 0.2) is 24.3 Å². The molecule has 1 aromatic carbocycles. The van der Waals surface area contributed by atoms with Crippen LogP contribution in [0.2, 0.25) is 0 Å². The summed E-state index contributed by atoms with van der Waals surface area (Å²) in [6, 6.07) is 4.76. The summed E-state index contributed by atoms with van der Waals surface area (Å²) in [6.07, 6.45) is 1.24. The van der Waals surface area contributed by atoms with E-state index in [0.29, 0.717) is 43.5 Å². The summed E-state index contributed by atoms with van der Waals surface area (Å²) in [5.41, 5.74) is 1.26. The summed E-state index contributed by atoms with van der Waals surface area (Å²) in [5, 5.41) is 54.5. The Kier molecular flexibility index (Phi) is 20.0. The number of hydrogen-bond donors (Lipinski definition) is 7. The molecule has 2 rings (SSSR count). The van der Waals surface area contributed by atoms with Crippen molar-refractivity contribution in [2.75, 3.05) is 78.1 Å². The highest BCUT2D eigenvalue weighted by Gasteiger charge is 2.38. The predicted molar refractivity (Wildman–Crippen MR) is 187 cm³/mol. The van der Waals surface area contributed by atoms with Crippen LogP contribution in [0.4, 0.5) is 10.5 Å². The van der Waals surface area contributed by atoms with Gasteiger partial charge in [0.2, 0.25) is 0 Å². The number of hydrogen-bond acceptors (Lipinski definition) is 14. The van der Waals surface area contributed by atoms with E-state index >= 15 is 0 Å². The highest BCUT2D eigenvalue weighted by atomic mass is 32.1. The first-order chi connectivity index (χ1) is 25.2. The molecule has 0 spiro atoms. The van der Waals surface area contributed by atoms with E-state index in [2.05, 4.69) is 25.1 Å². The smallest absolute Gasteiger partial charge is 0.480 e. The maximum absolute atomic E-state index is 12.1. The molecular weight excluding hydrogens is 726 g/mol. The van der Waals surface area contributed by atoms with Gasteiger partial charge in [-0.05, 0) is 49.2 Å². The van der Waals surface area contributed by atoms with Gasteiger partial charge in [0, 0.05) is 36.9 Å². The number of thiocarbonyl (C=S) groups is 1. The monoisotopic (exact) mass is 773 g/mol. The van der Waals surface area contributed by atoms with Crippen LogP contribution in [-0.2, 0) is 49.6 Å². The molecular formula is C32H47N5O15S. The maximum Gasteiger partial charge on any atom is 0.540 e. The summed E-state index contributed by atoms with van der Waals surface area (Å²) >= 11 is 5.32. The molecule has 20 nitrogen and oxygen atoms in total. The molecule has 0 heterocycles. The van der Waals surface area contributed by atoms with Gasteiger partial charge < -0.3 is 45.6 Å². The van der Waals surface area contributed by atoms with Crippen molar-refractivity contribution < 1.29 is 73.5 Å². The second-order valence-electron chi connectivity index (χ2n) is 12.0. The normalized spacial score (nSPS) is 16.2. The lowest BCUT2D eigenvalue weighted by atomic mass is 9.87. The van der Waals surface area contributed by atoms with Crippen LogP contribution < -0.4 is 10.6 Å². The fourth-order valence-corrected chi connectivity index (χ4v) is 6.32. The summed E-state index contributed by atoms with van der Waals surface area (Å²) in [5.74, 6) is -6.30. The van der Waals surface area contributed by atoms with Crippen LogP contribution in [0, 0.1) is 0 Å². The molecule has 1 aliphatic carbocycles. The minimum Gasteiger partial charge on any atom is -0.480 e. The van der Waals surface area contributed by atoms with Gasteiger partial charge >= 0.3 is 36.0 Å². The molecule has 1 aliphatic rings. The second-order valence-corrected chi connectivity index (χ2v) is 12.4. The fraction of sp³-hybridized carbons (Fsp3) is 0.594. The van der Waals surface area contributed by atoms with Gasteiger partial charge in [0.1, 0.15) is 6.61 Å². The third-order valence-corrected chi connectivity index (χ3v) is 8.35. The highest BCUT2D eigenvalue weighted by Crippen LogP contribution is 2.28. The van der Waals surface area contributed by atoms with E-state index in [9.17, 15) is 54.3 Å². The van der Waals surface area contributed by atoms with Crippen molar-refractivity contribution in [1.82, 2.24) is 20.0 Å². The van der Waals surface area contributed by atoms with E-state index < -0.39 is 86.9 Å². The number of ether oxygens (including phenoxy) is 2. The van der Waals surface area contributed by atoms with Crippen LogP contribution in [-0.4, -0.2) is 172 Å². The van der Waals surface area contributed by atoms with Crippen molar-refractivity contribution in [1.29, 1.82) is 0 Å². The number of rotatable bonds is 25. The van der Waals surface area contributed by atoms with Gasteiger partial charge in [0.25, 0.3) is 0 Å². The average Bonchev–Trinajstić information content (AvgIpc) is 3.06. The van der Waals surface area contributed by atoms with Crippen LogP contribution in [0.25, 0.3) is 0 Å². The molecule has 53 heavy (non-hydrogen) atoms. The number of carbonyl (C=O) groups is 6. The molecule has 0 aliphatic heterocycles. The van der Waals surface area contributed by atoms with Gasteiger partial charge in [0.05, 0.1) is 53.0 Å². The standard InChI is InChI=1S/C32H47N5O15S/c1-49-52-32(48)51-13-12-50-11-10-33-31(53)34-22-8-6-21(7-9-22)14-23(35(16-26(38)39)17-27(40)41)15-36(18-28(42)43)24-4-2-3-5-25(24)37(19-29(44)45)20-30(46)47/h6-9,23-25H,2-5,10-20H2,1H3,(H,38,39)(H,40,41)(H,42,43)(H,44,45)(H,46,47)(H2,33,34,53)/t23-,24-,25-/m0/s1. The minimum absolute atomic E-state index is 0.0423.